The van der Waals surface area contributed by atoms with E-state index in [1.165, 1.54) is 0 Å². The van der Waals surface area contributed by atoms with Crippen molar-refractivity contribution in [2.24, 2.45) is 0 Å². The predicted molar refractivity (Wildman–Crippen MR) is 35.7 cm³/mol. The third-order valence-corrected chi connectivity index (χ3v) is 1.05. The van der Waals surface area contributed by atoms with Gasteiger partial charge in [-0.15, -0.1) is 0 Å². The van der Waals surface area contributed by atoms with Crippen molar-refractivity contribution < 1.29 is 28.8 Å². The Hall–Kier alpha value is -0.300. The minimum absolute atomic E-state index is 0.0665. The minimum atomic E-state index is -3.86. The molecule has 0 aromatic carbocycles. The number of aliphatic hydroxyl groups excluding tert-OH is 2. The smallest absolute Gasteiger partial charge is 0.376 e. The molecule has 12 heavy (non-hydrogen) atoms. The van der Waals surface area contributed by atoms with Crippen LogP contribution in [-0.4, -0.2) is 47.4 Å². The normalized spacial score (nSPS) is 14.8. The molecule has 1 unspecified atom stereocenters. The SMILES string of the molecule is OCCC(O)COCC(O)(F)F. The zero-order chi connectivity index (χ0) is 9.61. The molecule has 0 saturated heterocycles. The summed E-state index contributed by atoms with van der Waals surface area (Å²) in [5.74, 6) is 0. The van der Waals surface area contributed by atoms with Crippen LogP contribution in [0.15, 0.2) is 0 Å². The molecule has 0 heterocycles. The second-order valence-corrected chi connectivity index (χ2v) is 2.35. The van der Waals surface area contributed by atoms with Crippen LogP contribution in [0.25, 0.3) is 0 Å². The van der Waals surface area contributed by atoms with Gasteiger partial charge in [0, 0.05) is 6.61 Å². The third-order valence-electron chi connectivity index (χ3n) is 1.05. The van der Waals surface area contributed by atoms with Crippen molar-refractivity contribution in [3.05, 3.63) is 0 Å². The number of aliphatic hydroxyl groups is 3. The van der Waals surface area contributed by atoms with Gasteiger partial charge in [-0.1, -0.05) is 0 Å². The molecule has 0 aliphatic heterocycles. The molecule has 6 heteroatoms. The lowest BCUT2D eigenvalue weighted by Crippen LogP contribution is -2.26. The van der Waals surface area contributed by atoms with Gasteiger partial charge in [0.25, 0.3) is 0 Å². The van der Waals surface area contributed by atoms with Gasteiger partial charge in [0.2, 0.25) is 0 Å². The van der Waals surface area contributed by atoms with Gasteiger partial charge in [0.15, 0.2) is 0 Å². The molecule has 0 spiro atoms. The van der Waals surface area contributed by atoms with Crippen LogP contribution in [0.3, 0.4) is 0 Å². The summed E-state index contributed by atoms with van der Waals surface area (Å²) in [6.07, 6.45) is -4.77. The Balaban J connectivity index is 3.31. The van der Waals surface area contributed by atoms with Gasteiger partial charge in [0.1, 0.15) is 6.61 Å². The van der Waals surface area contributed by atoms with Crippen LogP contribution in [0.4, 0.5) is 8.78 Å². The Bertz CT molecular complexity index is 115. The van der Waals surface area contributed by atoms with Gasteiger partial charge in [-0.05, 0) is 6.42 Å². The Morgan fingerprint density at radius 3 is 2.42 bits per heavy atom. The average molecular weight is 186 g/mol. The summed E-state index contributed by atoms with van der Waals surface area (Å²) in [5.41, 5.74) is 0. The van der Waals surface area contributed by atoms with Gasteiger partial charge in [-0.25, -0.2) is 0 Å². The van der Waals surface area contributed by atoms with E-state index in [2.05, 4.69) is 4.74 Å². The lowest BCUT2D eigenvalue weighted by Gasteiger charge is -2.12. The highest BCUT2D eigenvalue weighted by molar-refractivity contribution is 4.53. The minimum Gasteiger partial charge on any atom is -0.396 e. The molecule has 0 aliphatic rings. The maximum absolute atomic E-state index is 11.7. The lowest BCUT2D eigenvalue weighted by atomic mass is 10.3. The maximum atomic E-state index is 11.7. The summed E-state index contributed by atoms with van der Waals surface area (Å²) >= 11 is 0. The molecule has 0 aliphatic carbocycles. The lowest BCUT2D eigenvalue weighted by molar-refractivity contribution is -0.234. The molecule has 3 N–H and O–H groups in total. The summed E-state index contributed by atoms with van der Waals surface area (Å²) < 4.78 is 27.6. The van der Waals surface area contributed by atoms with Crippen molar-refractivity contribution in [1.82, 2.24) is 0 Å². The predicted octanol–water partition coefficient (Wildman–Crippen LogP) is -0.669. The fraction of sp³-hybridized carbons (Fsp3) is 1.00. The fourth-order valence-electron chi connectivity index (χ4n) is 0.550. The van der Waals surface area contributed by atoms with E-state index in [0.29, 0.717) is 0 Å². The molecule has 0 aromatic heterocycles. The standard InChI is InChI=1S/C6H12F2O4/c7-6(8,11)4-12-3-5(10)1-2-9/h5,9-11H,1-4H2. The molecule has 74 valence electrons. The summed E-state index contributed by atoms with van der Waals surface area (Å²) in [4.78, 5) is 0. The first-order valence-electron chi connectivity index (χ1n) is 3.42. The molecule has 0 rings (SSSR count). The van der Waals surface area contributed by atoms with E-state index >= 15 is 0 Å². The Morgan fingerprint density at radius 1 is 1.42 bits per heavy atom. The van der Waals surface area contributed by atoms with Crippen LogP contribution in [0.2, 0.25) is 0 Å². The largest absolute Gasteiger partial charge is 0.396 e. The van der Waals surface area contributed by atoms with Crippen molar-refractivity contribution in [1.29, 1.82) is 0 Å². The molecule has 0 radical (unpaired) electrons. The molecule has 0 saturated carbocycles. The molecular formula is C6H12F2O4. The summed E-state index contributed by atoms with van der Waals surface area (Å²) in [5, 5.41) is 25.0. The molecule has 0 fully saturated rings. The first kappa shape index (κ1) is 11.7. The highest BCUT2D eigenvalue weighted by Crippen LogP contribution is 2.07. The van der Waals surface area contributed by atoms with Crippen molar-refractivity contribution in [2.75, 3.05) is 19.8 Å². The van der Waals surface area contributed by atoms with Crippen LogP contribution in [0, 0.1) is 0 Å². The number of rotatable bonds is 6. The second kappa shape index (κ2) is 5.36. The van der Waals surface area contributed by atoms with Gasteiger partial charge in [-0.2, -0.15) is 8.78 Å². The maximum Gasteiger partial charge on any atom is 0.376 e. The van der Waals surface area contributed by atoms with E-state index in [0.717, 1.165) is 0 Å². The zero-order valence-corrected chi connectivity index (χ0v) is 6.41. The second-order valence-electron chi connectivity index (χ2n) is 2.35. The summed E-state index contributed by atoms with van der Waals surface area (Å²) in [7, 11) is 0. The van der Waals surface area contributed by atoms with Gasteiger partial charge in [0.05, 0.1) is 12.7 Å². The number of ether oxygens (including phenoxy) is 1. The molecule has 0 aromatic rings. The molecular weight excluding hydrogens is 174 g/mol. The monoisotopic (exact) mass is 186 g/mol. The van der Waals surface area contributed by atoms with Gasteiger partial charge in [-0.3, -0.25) is 0 Å². The third kappa shape index (κ3) is 7.80. The number of halogens is 2. The number of alkyl halides is 2. The van der Waals surface area contributed by atoms with E-state index in [9.17, 15) is 8.78 Å². The molecule has 0 bridgehead atoms. The summed E-state index contributed by atoms with van der Waals surface area (Å²) in [6.45, 7) is -1.70. The molecule has 0 amide bonds. The number of hydrogen-bond donors (Lipinski definition) is 3. The van der Waals surface area contributed by atoms with Gasteiger partial charge < -0.3 is 20.1 Å². The van der Waals surface area contributed by atoms with Crippen molar-refractivity contribution >= 4 is 0 Å². The zero-order valence-electron chi connectivity index (χ0n) is 6.41. The van der Waals surface area contributed by atoms with E-state index < -0.39 is 18.8 Å². The van der Waals surface area contributed by atoms with Crippen LogP contribution in [0.1, 0.15) is 6.42 Å². The number of hydrogen-bond acceptors (Lipinski definition) is 4. The van der Waals surface area contributed by atoms with Crippen molar-refractivity contribution in [3.63, 3.8) is 0 Å². The first-order valence-corrected chi connectivity index (χ1v) is 3.42. The quantitative estimate of drug-likeness (QED) is 0.514. The Kier molecular flexibility index (Phi) is 5.23. The van der Waals surface area contributed by atoms with Gasteiger partial charge >= 0.3 is 6.11 Å². The van der Waals surface area contributed by atoms with E-state index in [1.807, 2.05) is 0 Å². The van der Waals surface area contributed by atoms with Crippen LogP contribution in [0.5, 0.6) is 0 Å². The van der Waals surface area contributed by atoms with E-state index in [1.54, 1.807) is 0 Å². The van der Waals surface area contributed by atoms with Crippen molar-refractivity contribution in [3.8, 4) is 0 Å². The van der Waals surface area contributed by atoms with Crippen molar-refractivity contribution in [2.45, 2.75) is 18.6 Å². The van der Waals surface area contributed by atoms with E-state index in [4.69, 9.17) is 15.3 Å². The summed E-state index contributed by atoms with van der Waals surface area (Å²) in [6, 6.07) is 0. The Morgan fingerprint density at radius 2 is 2.00 bits per heavy atom. The topological polar surface area (TPSA) is 69.9 Å². The van der Waals surface area contributed by atoms with Crippen LogP contribution >= 0.6 is 0 Å². The fourth-order valence-corrected chi connectivity index (χ4v) is 0.550. The van der Waals surface area contributed by atoms with E-state index in [-0.39, 0.29) is 19.6 Å². The average Bonchev–Trinajstić information content (AvgIpc) is 1.84. The molecule has 4 nitrogen and oxygen atoms in total. The van der Waals surface area contributed by atoms with Crippen LogP contribution in [-0.2, 0) is 4.74 Å². The highest BCUT2D eigenvalue weighted by atomic mass is 19.3. The van der Waals surface area contributed by atoms with Crippen LogP contribution < -0.4 is 0 Å². The highest BCUT2D eigenvalue weighted by Gasteiger charge is 2.24. The first-order chi connectivity index (χ1) is 5.45. The molecule has 1 atom stereocenters. The Labute approximate surface area is 68.4 Å².